The van der Waals surface area contributed by atoms with E-state index in [0.717, 1.165) is 17.3 Å². The SMILES string of the molecule is O=C(c1ccc(Sc2ccccn2)c([N+](=O)[O-])c1)N(Cc1ccc2c(c1)OCO2)c1ccc(F)cc1. The van der Waals surface area contributed by atoms with Gasteiger partial charge in [0.2, 0.25) is 6.79 Å². The second kappa shape index (κ2) is 10.0. The van der Waals surface area contributed by atoms with Crippen molar-refractivity contribution in [1.82, 2.24) is 4.98 Å². The van der Waals surface area contributed by atoms with Crippen LogP contribution in [0.5, 0.6) is 11.5 Å². The highest BCUT2D eigenvalue weighted by Crippen LogP contribution is 2.36. The number of anilines is 1. The van der Waals surface area contributed by atoms with Crippen LogP contribution in [-0.2, 0) is 6.54 Å². The number of carbonyl (C=O) groups is 1. The Morgan fingerprint density at radius 3 is 2.58 bits per heavy atom. The van der Waals surface area contributed by atoms with Gasteiger partial charge in [0.15, 0.2) is 11.5 Å². The van der Waals surface area contributed by atoms with Crippen LogP contribution in [-0.4, -0.2) is 22.6 Å². The molecule has 0 aliphatic carbocycles. The Bertz CT molecular complexity index is 1430. The summed E-state index contributed by atoms with van der Waals surface area (Å²) in [7, 11) is 0. The van der Waals surface area contributed by atoms with Gasteiger partial charge in [-0.3, -0.25) is 14.9 Å². The molecule has 1 amide bonds. The van der Waals surface area contributed by atoms with Gasteiger partial charge in [-0.2, -0.15) is 0 Å². The quantitative estimate of drug-likeness (QED) is 0.230. The Morgan fingerprint density at radius 1 is 1.03 bits per heavy atom. The van der Waals surface area contributed by atoms with Crippen molar-refractivity contribution in [1.29, 1.82) is 0 Å². The van der Waals surface area contributed by atoms with E-state index in [2.05, 4.69) is 4.98 Å². The lowest BCUT2D eigenvalue weighted by Gasteiger charge is -2.23. The Balaban J connectivity index is 1.49. The summed E-state index contributed by atoms with van der Waals surface area (Å²) < 4.78 is 24.4. The lowest BCUT2D eigenvalue weighted by molar-refractivity contribution is -0.387. The molecule has 4 aromatic rings. The lowest BCUT2D eigenvalue weighted by atomic mass is 10.1. The van der Waals surface area contributed by atoms with Crippen LogP contribution in [0.4, 0.5) is 15.8 Å². The molecular formula is C26H18FN3O5S. The van der Waals surface area contributed by atoms with Gasteiger partial charge in [-0.05, 0) is 66.2 Å². The van der Waals surface area contributed by atoms with E-state index in [4.69, 9.17) is 9.47 Å². The van der Waals surface area contributed by atoms with Crippen LogP contribution >= 0.6 is 11.8 Å². The maximum absolute atomic E-state index is 13.6. The van der Waals surface area contributed by atoms with Crippen molar-refractivity contribution >= 4 is 29.0 Å². The molecule has 1 aliphatic rings. The van der Waals surface area contributed by atoms with Crippen LogP contribution in [0.25, 0.3) is 0 Å². The van der Waals surface area contributed by atoms with Crippen molar-refractivity contribution in [2.45, 2.75) is 16.5 Å². The van der Waals surface area contributed by atoms with Crippen molar-refractivity contribution in [3.05, 3.63) is 112 Å². The minimum Gasteiger partial charge on any atom is -0.454 e. The topological polar surface area (TPSA) is 94.8 Å². The molecule has 0 spiro atoms. The van der Waals surface area contributed by atoms with E-state index >= 15 is 0 Å². The van der Waals surface area contributed by atoms with E-state index in [0.29, 0.717) is 27.1 Å². The first-order valence-corrected chi connectivity index (χ1v) is 11.6. The molecule has 10 heteroatoms. The number of carbonyl (C=O) groups excluding carboxylic acids is 1. The molecule has 2 heterocycles. The summed E-state index contributed by atoms with van der Waals surface area (Å²) in [6, 6.07) is 20.4. The van der Waals surface area contributed by atoms with E-state index in [1.165, 1.54) is 47.4 Å². The largest absolute Gasteiger partial charge is 0.454 e. The summed E-state index contributed by atoms with van der Waals surface area (Å²) >= 11 is 1.14. The zero-order valence-corrected chi connectivity index (χ0v) is 19.5. The Morgan fingerprint density at radius 2 is 1.83 bits per heavy atom. The smallest absolute Gasteiger partial charge is 0.284 e. The number of hydrogen-bond donors (Lipinski definition) is 0. The van der Waals surface area contributed by atoms with Crippen LogP contribution in [0.2, 0.25) is 0 Å². The Labute approximate surface area is 209 Å². The second-order valence-electron chi connectivity index (χ2n) is 7.76. The highest BCUT2D eigenvalue weighted by Gasteiger charge is 2.24. The first kappa shape index (κ1) is 23.3. The van der Waals surface area contributed by atoms with Gasteiger partial charge < -0.3 is 14.4 Å². The summed E-state index contributed by atoms with van der Waals surface area (Å²) in [5.74, 6) is 0.248. The number of rotatable bonds is 7. The molecule has 0 saturated carbocycles. The van der Waals surface area contributed by atoms with E-state index < -0.39 is 16.6 Å². The van der Waals surface area contributed by atoms with E-state index in [-0.39, 0.29) is 24.6 Å². The third-order valence-electron chi connectivity index (χ3n) is 5.42. The summed E-state index contributed by atoms with van der Waals surface area (Å²) in [5.41, 5.74) is 1.10. The fourth-order valence-electron chi connectivity index (χ4n) is 3.68. The van der Waals surface area contributed by atoms with Crippen LogP contribution in [0.1, 0.15) is 15.9 Å². The number of hydrogen-bond acceptors (Lipinski definition) is 7. The molecule has 3 aromatic carbocycles. The molecule has 0 bridgehead atoms. The molecule has 8 nitrogen and oxygen atoms in total. The van der Waals surface area contributed by atoms with Gasteiger partial charge in [0.25, 0.3) is 11.6 Å². The fourth-order valence-corrected chi connectivity index (χ4v) is 4.54. The fraction of sp³-hybridized carbons (Fsp3) is 0.0769. The second-order valence-corrected chi connectivity index (χ2v) is 8.83. The van der Waals surface area contributed by atoms with Gasteiger partial charge in [-0.15, -0.1) is 0 Å². The van der Waals surface area contributed by atoms with Gasteiger partial charge in [-0.25, -0.2) is 9.37 Å². The molecule has 1 aromatic heterocycles. The van der Waals surface area contributed by atoms with Crippen molar-refractivity contribution in [3.63, 3.8) is 0 Å². The highest BCUT2D eigenvalue weighted by atomic mass is 32.2. The maximum atomic E-state index is 13.6. The van der Waals surface area contributed by atoms with Gasteiger partial charge in [0.05, 0.1) is 16.4 Å². The zero-order valence-electron chi connectivity index (χ0n) is 18.7. The Hall–Kier alpha value is -4.44. The molecule has 180 valence electrons. The van der Waals surface area contributed by atoms with Gasteiger partial charge in [-0.1, -0.05) is 23.9 Å². The normalized spacial score (nSPS) is 11.8. The number of halogens is 1. The third-order valence-corrected chi connectivity index (χ3v) is 6.43. The molecule has 1 aliphatic heterocycles. The number of aromatic nitrogens is 1. The molecule has 0 N–H and O–H groups in total. The summed E-state index contributed by atoms with van der Waals surface area (Å²) in [6.07, 6.45) is 1.60. The number of ether oxygens (including phenoxy) is 2. The maximum Gasteiger partial charge on any atom is 0.284 e. The minimum absolute atomic E-state index is 0.117. The average molecular weight is 504 g/mol. The standard InChI is InChI=1S/C26H18FN3O5S/c27-19-6-8-20(9-7-19)29(15-17-4-10-22-23(13-17)35-16-34-22)26(31)18-5-11-24(21(14-18)30(32)33)36-25-3-1-2-12-28-25/h1-14H,15-16H2. The van der Waals surface area contributed by atoms with Crippen molar-refractivity contribution < 1.29 is 23.6 Å². The molecule has 0 fully saturated rings. The Kier molecular flexibility index (Phi) is 6.50. The number of nitro groups is 1. The number of amides is 1. The predicted molar refractivity (Wildman–Crippen MR) is 131 cm³/mol. The average Bonchev–Trinajstić information content (AvgIpc) is 3.36. The number of benzene rings is 3. The van der Waals surface area contributed by atoms with Gasteiger partial charge in [0, 0.05) is 23.5 Å². The van der Waals surface area contributed by atoms with E-state index in [1.54, 1.807) is 42.6 Å². The molecule has 0 radical (unpaired) electrons. The monoisotopic (exact) mass is 503 g/mol. The van der Waals surface area contributed by atoms with Crippen molar-refractivity contribution in [2.24, 2.45) is 0 Å². The van der Waals surface area contributed by atoms with Crippen molar-refractivity contribution in [3.8, 4) is 11.5 Å². The predicted octanol–water partition coefficient (Wildman–Crippen LogP) is 5.86. The molecule has 0 saturated heterocycles. The number of pyridine rings is 1. The summed E-state index contributed by atoms with van der Waals surface area (Å²) in [4.78, 5) is 31.0. The molecular weight excluding hydrogens is 485 g/mol. The third kappa shape index (κ3) is 4.98. The summed E-state index contributed by atoms with van der Waals surface area (Å²) in [6.45, 7) is 0.241. The molecule has 5 rings (SSSR count). The van der Waals surface area contributed by atoms with Crippen molar-refractivity contribution in [2.75, 3.05) is 11.7 Å². The van der Waals surface area contributed by atoms with Crippen LogP contribution in [0.3, 0.4) is 0 Å². The van der Waals surface area contributed by atoms with Crippen LogP contribution in [0.15, 0.2) is 95.0 Å². The first-order chi connectivity index (χ1) is 17.5. The highest BCUT2D eigenvalue weighted by molar-refractivity contribution is 7.99. The molecule has 0 atom stereocenters. The number of fused-ring (bicyclic) bond motifs is 1. The van der Waals surface area contributed by atoms with E-state index in [9.17, 15) is 19.3 Å². The van der Waals surface area contributed by atoms with Crippen LogP contribution in [0, 0.1) is 15.9 Å². The first-order valence-electron chi connectivity index (χ1n) is 10.8. The van der Waals surface area contributed by atoms with Crippen LogP contribution < -0.4 is 14.4 Å². The number of nitro benzene ring substituents is 1. The summed E-state index contributed by atoms with van der Waals surface area (Å²) in [5, 5.41) is 12.4. The van der Waals surface area contributed by atoms with E-state index in [1.807, 2.05) is 0 Å². The molecule has 36 heavy (non-hydrogen) atoms. The van der Waals surface area contributed by atoms with Gasteiger partial charge in [0.1, 0.15) is 10.8 Å². The zero-order chi connectivity index (χ0) is 25.1. The number of nitrogens with zero attached hydrogens (tertiary/aromatic N) is 3. The minimum atomic E-state index is -0.526. The lowest BCUT2D eigenvalue weighted by Crippen LogP contribution is -2.30. The molecule has 0 unspecified atom stereocenters. The van der Waals surface area contributed by atoms with Gasteiger partial charge >= 0.3 is 0 Å².